The minimum absolute atomic E-state index is 0.842. The monoisotopic (exact) mass is 306 g/mol. The van der Waals surface area contributed by atoms with Crippen LogP contribution < -0.4 is 0 Å². The minimum atomic E-state index is 0.842. The van der Waals surface area contributed by atoms with Crippen LogP contribution in [0.2, 0.25) is 0 Å². The van der Waals surface area contributed by atoms with Gasteiger partial charge in [-0.25, -0.2) is 0 Å². The van der Waals surface area contributed by atoms with Crippen molar-refractivity contribution in [2.45, 2.75) is 96.3 Å². The molecule has 0 rings (SSSR count). The third-order valence-corrected chi connectivity index (χ3v) is 4.38. The van der Waals surface area contributed by atoms with Gasteiger partial charge in [0.15, 0.2) is 0 Å². The maximum Gasteiger partial charge on any atom is 0.0223 e. The molecular formula is C17H35ClS. The Morgan fingerprint density at radius 3 is 0.947 bits per heavy atom. The zero-order chi connectivity index (χ0) is 14.0. The van der Waals surface area contributed by atoms with Gasteiger partial charge in [0.1, 0.15) is 0 Å². The van der Waals surface area contributed by atoms with Crippen LogP contribution in [-0.4, -0.2) is 11.6 Å². The molecule has 0 aliphatic heterocycles. The van der Waals surface area contributed by atoms with Gasteiger partial charge in [-0.2, -0.15) is 12.6 Å². The second-order valence-corrected chi connectivity index (χ2v) is 6.54. The van der Waals surface area contributed by atoms with E-state index in [9.17, 15) is 0 Å². The Kier molecular flexibility index (Phi) is 19.3. The average Bonchev–Trinajstić information content (AvgIpc) is 2.43. The average molecular weight is 307 g/mol. The first kappa shape index (κ1) is 19.6. The maximum absolute atomic E-state index is 5.66. The summed E-state index contributed by atoms with van der Waals surface area (Å²) < 4.78 is 0. The van der Waals surface area contributed by atoms with E-state index in [1.54, 1.807) is 0 Å². The van der Waals surface area contributed by atoms with Crippen LogP contribution in [0.15, 0.2) is 0 Å². The van der Waals surface area contributed by atoms with Crippen molar-refractivity contribution >= 4 is 24.2 Å². The quantitative estimate of drug-likeness (QED) is 0.177. The Bertz CT molecular complexity index is 134. The molecule has 0 spiro atoms. The van der Waals surface area contributed by atoms with Crippen molar-refractivity contribution < 1.29 is 0 Å². The number of rotatable bonds is 16. The smallest absolute Gasteiger partial charge is 0.0223 e. The molecule has 0 aromatic carbocycles. The fourth-order valence-electron chi connectivity index (χ4n) is 2.50. The number of alkyl halides is 1. The van der Waals surface area contributed by atoms with Crippen LogP contribution in [0, 0.1) is 0 Å². The van der Waals surface area contributed by atoms with Crippen LogP contribution in [0.5, 0.6) is 0 Å². The number of thiol groups is 1. The van der Waals surface area contributed by atoms with Crippen LogP contribution in [0.3, 0.4) is 0 Å². The van der Waals surface area contributed by atoms with Crippen molar-refractivity contribution in [1.82, 2.24) is 0 Å². The molecule has 0 amide bonds. The molecule has 0 saturated carbocycles. The topological polar surface area (TPSA) is 0 Å². The highest BCUT2D eigenvalue weighted by Gasteiger charge is 1.94. The van der Waals surface area contributed by atoms with E-state index >= 15 is 0 Å². The van der Waals surface area contributed by atoms with E-state index < -0.39 is 0 Å². The Hall–Kier alpha value is 0.640. The number of hydrogen-bond acceptors (Lipinski definition) is 1. The molecule has 0 radical (unpaired) electrons. The van der Waals surface area contributed by atoms with E-state index in [1.807, 2.05) is 0 Å². The van der Waals surface area contributed by atoms with E-state index in [0.29, 0.717) is 0 Å². The molecule has 0 aromatic rings. The molecule has 0 nitrogen and oxygen atoms in total. The van der Waals surface area contributed by atoms with Gasteiger partial charge in [-0.15, -0.1) is 11.6 Å². The SMILES string of the molecule is SCCCCCCCCCCCCCCCCCCl. The summed E-state index contributed by atoms with van der Waals surface area (Å²) >= 11 is 9.89. The van der Waals surface area contributed by atoms with Gasteiger partial charge in [-0.3, -0.25) is 0 Å². The molecule has 19 heavy (non-hydrogen) atoms. The van der Waals surface area contributed by atoms with Gasteiger partial charge in [0.05, 0.1) is 0 Å². The van der Waals surface area contributed by atoms with Gasteiger partial charge in [-0.1, -0.05) is 83.5 Å². The zero-order valence-electron chi connectivity index (χ0n) is 12.8. The summed E-state index contributed by atoms with van der Waals surface area (Å²) in [7, 11) is 0. The van der Waals surface area contributed by atoms with E-state index in [0.717, 1.165) is 11.6 Å². The lowest BCUT2D eigenvalue weighted by molar-refractivity contribution is 0.535. The molecule has 0 heterocycles. The predicted molar refractivity (Wildman–Crippen MR) is 93.8 cm³/mol. The summed E-state index contributed by atoms with van der Waals surface area (Å²) in [6.07, 6.45) is 21.0. The third kappa shape index (κ3) is 18.6. The molecule has 0 atom stereocenters. The molecule has 0 unspecified atom stereocenters. The van der Waals surface area contributed by atoms with Crippen LogP contribution >= 0.6 is 24.2 Å². The van der Waals surface area contributed by atoms with E-state index in [4.69, 9.17) is 11.6 Å². The molecule has 116 valence electrons. The van der Waals surface area contributed by atoms with Crippen LogP contribution in [0.1, 0.15) is 96.3 Å². The van der Waals surface area contributed by atoms with Crippen molar-refractivity contribution in [3.63, 3.8) is 0 Å². The van der Waals surface area contributed by atoms with Crippen LogP contribution in [0.4, 0.5) is 0 Å². The van der Waals surface area contributed by atoms with Crippen molar-refractivity contribution in [2.24, 2.45) is 0 Å². The summed E-state index contributed by atoms with van der Waals surface area (Å²) in [5.74, 6) is 1.90. The molecule has 2 heteroatoms. The van der Waals surface area contributed by atoms with Gasteiger partial charge in [-0.05, 0) is 18.6 Å². The van der Waals surface area contributed by atoms with E-state index in [1.165, 1.54) is 96.3 Å². The lowest BCUT2D eigenvalue weighted by atomic mass is 10.0. The highest BCUT2D eigenvalue weighted by Crippen LogP contribution is 2.13. The van der Waals surface area contributed by atoms with Gasteiger partial charge < -0.3 is 0 Å². The fraction of sp³-hybridized carbons (Fsp3) is 1.00. The van der Waals surface area contributed by atoms with Crippen molar-refractivity contribution in [3.05, 3.63) is 0 Å². The maximum atomic E-state index is 5.66. The molecular weight excluding hydrogens is 272 g/mol. The Morgan fingerprint density at radius 2 is 0.684 bits per heavy atom. The van der Waals surface area contributed by atoms with Gasteiger partial charge in [0.2, 0.25) is 0 Å². The molecule has 0 aliphatic carbocycles. The predicted octanol–water partition coefficient (Wildman–Crippen LogP) is 7.01. The van der Waals surface area contributed by atoms with Crippen molar-refractivity contribution in [3.8, 4) is 0 Å². The normalized spacial score (nSPS) is 11.1. The fourth-order valence-corrected chi connectivity index (χ4v) is 2.92. The summed E-state index contributed by atoms with van der Waals surface area (Å²) in [5.41, 5.74) is 0. The molecule has 0 aliphatic rings. The van der Waals surface area contributed by atoms with Gasteiger partial charge in [0.25, 0.3) is 0 Å². The largest absolute Gasteiger partial charge is 0.179 e. The summed E-state index contributed by atoms with van der Waals surface area (Å²) in [5, 5.41) is 0. The highest BCUT2D eigenvalue weighted by atomic mass is 35.5. The van der Waals surface area contributed by atoms with Gasteiger partial charge >= 0.3 is 0 Å². The van der Waals surface area contributed by atoms with Gasteiger partial charge in [0, 0.05) is 5.88 Å². The first-order valence-corrected chi connectivity index (χ1v) is 9.75. The second-order valence-electron chi connectivity index (χ2n) is 5.72. The lowest BCUT2D eigenvalue weighted by Crippen LogP contribution is -1.84. The number of halogens is 1. The first-order chi connectivity index (χ1) is 9.41. The van der Waals surface area contributed by atoms with E-state index in [-0.39, 0.29) is 0 Å². The third-order valence-electron chi connectivity index (χ3n) is 3.79. The second kappa shape index (κ2) is 18.6. The Morgan fingerprint density at radius 1 is 0.421 bits per heavy atom. The summed E-state index contributed by atoms with van der Waals surface area (Å²) in [6.45, 7) is 0. The first-order valence-electron chi connectivity index (χ1n) is 8.58. The summed E-state index contributed by atoms with van der Waals surface area (Å²) in [4.78, 5) is 0. The standard InChI is InChI=1S/C17H35ClS/c18-16-14-12-10-8-6-4-2-1-3-5-7-9-11-13-15-17-19/h19H,1-17H2. The number of hydrogen-bond donors (Lipinski definition) is 1. The van der Waals surface area contributed by atoms with Crippen molar-refractivity contribution in [1.29, 1.82) is 0 Å². The van der Waals surface area contributed by atoms with Crippen LogP contribution in [-0.2, 0) is 0 Å². The molecule has 0 bridgehead atoms. The lowest BCUT2D eigenvalue weighted by Gasteiger charge is -2.03. The molecule has 0 N–H and O–H groups in total. The van der Waals surface area contributed by atoms with Crippen molar-refractivity contribution in [2.75, 3.05) is 11.6 Å². The zero-order valence-corrected chi connectivity index (χ0v) is 14.5. The molecule has 0 fully saturated rings. The molecule has 0 aromatic heterocycles. The minimum Gasteiger partial charge on any atom is -0.179 e. The number of unbranched alkanes of at least 4 members (excludes halogenated alkanes) is 14. The Balaban J connectivity index is 2.88. The van der Waals surface area contributed by atoms with E-state index in [2.05, 4.69) is 12.6 Å². The summed E-state index contributed by atoms with van der Waals surface area (Å²) in [6, 6.07) is 0. The Labute approximate surface area is 132 Å². The highest BCUT2D eigenvalue weighted by molar-refractivity contribution is 7.80. The van der Waals surface area contributed by atoms with Crippen LogP contribution in [0.25, 0.3) is 0 Å². The molecule has 0 saturated heterocycles.